The molecule has 3 heteroatoms. The molecule has 0 bridgehead atoms. The van der Waals surface area contributed by atoms with Crippen molar-refractivity contribution in [3.8, 4) is 11.5 Å². The summed E-state index contributed by atoms with van der Waals surface area (Å²) < 4.78 is 19.8. The first-order chi connectivity index (χ1) is 9.50. The summed E-state index contributed by atoms with van der Waals surface area (Å²) in [6.45, 7) is 5.94. The summed E-state index contributed by atoms with van der Waals surface area (Å²) >= 11 is 0. The van der Waals surface area contributed by atoms with Crippen molar-refractivity contribution in [3.05, 3.63) is 59.4 Å². The minimum absolute atomic E-state index is 0.332. The molecular weight excluding hydrogens is 253 g/mol. The van der Waals surface area contributed by atoms with Crippen LogP contribution in [0.1, 0.15) is 43.9 Å². The maximum Gasteiger partial charge on any atom is 0.135 e. The predicted molar refractivity (Wildman–Crippen MR) is 79.6 cm³/mol. The van der Waals surface area contributed by atoms with Crippen molar-refractivity contribution in [1.29, 1.82) is 0 Å². The molecule has 0 aromatic heterocycles. The third kappa shape index (κ3) is 2.99. The monoisotopic (exact) mass is 273 g/mol. The lowest BCUT2D eigenvalue weighted by Gasteiger charge is -2.17. The molecule has 0 fully saturated rings. The van der Waals surface area contributed by atoms with Crippen LogP contribution in [-0.2, 0) is 0 Å². The van der Waals surface area contributed by atoms with Crippen LogP contribution in [0.4, 0.5) is 4.39 Å². The molecule has 1 atom stereocenters. The molecule has 0 saturated carbocycles. The maximum atomic E-state index is 13.9. The van der Waals surface area contributed by atoms with E-state index in [0.29, 0.717) is 17.2 Å². The molecule has 0 unspecified atom stereocenters. The predicted octanol–water partition coefficient (Wildman–Crippen LogP) is 4.76. The van der Waals surface area contributed by atoms with Crippen LogP contribution >= 0.6 is 0 Å². The Kier molecular flexibility index (Phi) is 4.40. The van der Waals surface area contributed by atoms with Crippen molar-refractivity contribution in [2.75, 3.05) is 0 Å². The van der Waals surface area contributed by atoms with Crippen LogP contribution in [0.25, 0.3) is 0 Å². The van der Waals surface area contributed by atoms with Gasteiger partial charge in [-0.1, -0.05) is 38.1 Å². The maximum absolute atomic E-state index is 13.9. The van der Waals surface area contributed by atoms with Crippen LogP contribution in [-0.4, -0.2) is 0 Å². The standard InChI is InChI=1S/C17H20FNO/c1-11(2)13-7-4-5-9-15(13)20-16-10-6-8-14(18)17(16)12(3)19/h4-12H,19H2,1-3H3/t12-/m0/s1. The van der Waals surface area contributed by atoms with E-state index in [1.807, 2.05) is 24.3 Å². The van der Waals surface area contributed by atoms with E-state index >= 15 is 0 Å². The summed E-state index contributed by atoms with van der Waals surface area (Å²) in [5.41, 5.74) is 7.35. The molecule has 0 saturated heterocycles. The minimum Gasteiger partial charge on any atom is -0.457 e. The number of nitrogens with two attached hydrogens (primary N) is 1. The zero-order valence-electron chi connectivity index (χ0n) is 12.1. The highest BCUT2D eigenvalue weighted by atomic mass is 19.1. The summed E-state index contributed by atoms with van der Waals surface area (Å²) in [7, 11) is 0. The summed E-state index contributed by atoms with van der Waals surface area (Å²) in [6, 6.07) is 12.2. The topological polar surface area (TPSA) is 35.2 Å². The van der Waals surface area contributed by atoms with Gasteiger partial charge in [-0.3, -0.25) is 0 Å². The lowest BCUT2D eigenvalue weighted by atomic mass is 10.0. The van der Waals surface area contributed by atoms with Crippen molar-refractivity contribution < 1.29 is 9.13 Å². The van der Waals surface area contributed by atoms with Crippen LogP contribution in [0.3, 0.4) is 0 Å². The SMILES string of the molecule is CC(C)c1ccccc1Oc1cccc(F)c1[C@H](C)N. The van der Waals surface area contributed by atoms with Gasteiger partial charge in [0.2, 0.25) is 0 Å². The Hall–Kier alpha value is -1.87. The van der Waals surface area contributed by atoms with Crippen LogP contribution in [0.2, 0.25) is 0 Å². The quantitative estimate of drug-likeness (QED) is 0.871. The molecular formula is C17H20FNO. The smallest absolute Gasteiger partial charge is 0.135 e. The molecule has 2 nitrogen and oxygen atoms in total. The highest BCUT2D eigenvalue weighted by Crippen LogP contribution is 2.34. The van der Waals surface area contributed by atoms with E-state index in [1.54, 1.807) is 19.1 Å². The Balaban J connectivity index is 2.43. The van der Waals surface area contributed by atoms with Crippen molar-refractivity contribution in [1.82, 2.24) is 0 Å². The fraction of sp³-hybridized carbons (Fsp3) is 0.294. The third-order valence-corrected chi connectivity index (χ3v) is 3.23. The van der Waals surface area contributed by atoms with E-state index in [4.69, 9.17) is 10.5 Å². The number of rotatable bonds is 4. The molecule has 0 aliphatic carbocycles. The van der Waals surface area contributed by atoms with Crippen molar-refractivity contribution in [3.63, 3.8) is 0 Å². The fourth-order valence-corrected chi connectivity index (χ4v) is 2.22. The molecule has 2 rings (SSSR count). The molecule has 0 aliphatic rings. The van der Waals surface area contributed by atoms with E-state index in [-0.39, 0.29) is 5.82 Å². The Morgan fingerprint density at radius 1 is 0.950 bits per heavy atom. The molecule has 2 N–H and O–H groups in total. The third-order valence-electron chi connectivity index (χ3n) is 3.23. The molecule has 2 aromatic rings. The normalized spacial score (nSPS) is 12.5. The molecule has 0 radical (unpaired) electrons. The fourth-order valence-electron chi connectivity index (χ4n) is 2.22. The van der Waals surface area contributed by atoms with Crippen LogP contribution in [0, 0.1) is 5.82 Å². The number of ether oxygens (including phenoxy) is 1. The van der Waals surface area contributed by atoms with E-state index in [1.165, 1.54) is 6.07 Å². The summed E-state index contributed by atoms with van der Waals surface area (Å²) in [4.78, 5) is 0. The van der Waals surface area contributed by atoms with Gasteiger partial charge in [0.1, 0.15) is 17.3 Å². The minimum atomic E-state index is -0.419. The highest BCUT2D eigenvalue weighted by Gasteiger charge is 2.16. The van der Waals surface area contributed by atoms with Gasteiger partial charge < -0.3 is 10.5 Å². The Bertz CT molecular complexity index is 593. The van der Waals surface area contributed by atoms with Gasteiger partial charge in [0, 0.05) is 11.6 Å². The van der Waals surface area contributed by atoms with Crippen molar-refractivity contribution >= 4 is 0 Å². The molecule has 2 aromatic carbocycles. The molecule has 0 amide bonds. The lowest BCUT2D eigenvalue weighted by molar-refractivity contribution is 0.453. The average molecular weight is 273 g/mol. The van der Waals surface area contributed by atoms with Gasteiger partial charge in [-0.15, -0.1) is 0 Å². The van der Waals surface area contributed by atoms with Crippen LogP contribution in [0.5, 0.6) is 11.5 Å². The molecule has 20 heavy (non-hydrogen) atoms. The van der Waals surface area contributed by atoms with E-state index in [0.717, 1.165) is 11.3 Å². The molecule has 0 spiro atoms. The number of halogens is 1. The second-order valence-corrected chi connectivity index (χ2v) is 5.23. The molecule has 106 valence electrons. The van der Waals surface area contributed by atoms with Crippen molar-refractivity contribution in [2.45, 2.75) is 32.7 Å². The van der Waals surface area contributed by atoms with Gasteiger partial charge in [-0.25, -0.2) is 4.39 Å². The number of para-hydroxylation sites is 1. The van der Waals surface area contributed by atoms with Gasteiger partial charge >= 0.3 is 0 Å². The Morgan fingerprint density at radius 2 is 1.60 bits per heavy atom. The van der Waals surface area contributed by atoms with E-state index in [2.05, 4.69) is 13.8 Å². The summed E-state index contributed by atoms with van der Waals surface area (Å²) in [5, 5.41) is 0. The molecule has 0 aliphatic heterocycles. The van der Waals surface area contributed by atoms with E-state index in [9.17, 15) is 4.39 Å². The first-order valence-corrected chi connectivity index (χ1v) is 6.81. The van der Waals surface area contributed by atoms with Crippen molar-refractivity contribution in [2.24, 2.45) is 5.73 Å². The van der Waals surface area contributed by atoms with Gasteiger partial charge in [-0.05, 0) is 36.6 Å². The van der Waals surface area contributed by atoms with Crippen LogP contribution in [0.15, 0.2) is 42.5 Å². The van der Waals surface area contributed by atoms with Gasteiger partial charge in [0.05, 0.1) is 0 Å². The van der Waals surface area contributed by atoms with Gasteiger partial charge in [0.15, 0.2) is 0 Å². The van der Waals surface area contributed by atoms with E-state index < -0.39 is 6.04 Å². The zero-order chi connectivity index (χ0) is 14.7. The van der Waals surface area contributed by atoms with Crippen LogP contribution < -0.4 is 10.5 Å². The average Bonchev–Trinajstić information content (AvgIpc) is 2.38. The molecule has 0 heterocycles. The second-order valence-electron chi connectivity index (χ2n) is 5.23. The highest BCUT2D eigenvalue weighted by molar-refractivity contribution is 5.43. The number of hydrogen-bond acceptors (Lipinski definition) is 2. The first-order valence-electron chi connectivity index (χ1n) is 6.81. The van der Waals surface area contributed by atoms with Gasteiger partial charge in [0.25, 0.3) is 0 Å². The first kappa shape index (κ1) is 14.5. The zero-order valence-corrected chi connectivity index (χ0v) is 12.1. The number of hydrogen-bond donors (Lipinski definition) is 1. The number of benzene rings is 2. The summed E-state index contributed by atoms with van der Waals surface area (Å²) in [5.74, 6) is 1.22. The Labute approximate surface area is 119 Å². The second kappa shape index (κ2) is 6.06. The van der Waals surface area contributed by atoms with Gasteiger partial charge in [-0.2, -0.15) is 0 Å². The lowest BCUT2D eigenvalue weighted by Crippen LogP contribution is -2.09. The largest absolute Gasteiger partial charge is 0.457 e. The Morgan fingerprint density at radius 3 is 2.25 bits per heavy atom. The summed E-state index contributed by atoms with van der Waals surface area (Å²) in [6.07, 6.45) is 0.